The van der Waals surface area contributed by atoms with Crippen molar-refractivity contribution >= 4 is 34.7 Å². The Labute approximate surface area is 154 Å². The molecule has 0 saturated heterocycles. The van der Waals surface area contributed by atoms with Gasteiger partial charge in [0.05, 0.1) is 22.7 Å². The number of rotatable bonds is 3. The van der Waals surface area contributed by atoms with Crippen LogP contribution in [0.1, 0.15) is 5.56 Å². The van der Waals surface area contributed by atoms with Crippen molar-refractivity contribution in [2.24, 2.45) is 0 Å². The van der Waals surface area contributed by atoms with Crippen molar-refractivity contribution < 1.29 is 9.72 Å². The molecule has 0 atom stereocenters. The van der Waals surface area contributed by atoms with Crippen LogP contribution in [0.4, 0.5) is 17.1 Å². The molecule has 0 aromatic heterocycles. The maximum absolute atomic E-state index is 13.2. The van der Waals surface area contributed by atoms with Gasteiger partial charge < -0.3 is 0 Å². The largest absolute Gasteiger partial charge is 0.278 e. The molecule has 3 aromatic carbocycles. The highest BCUT2D eigenvalue weighted by Gasteiger charge is 2.29. The van der Waals surface area contributed by atoms with Crippen molar-refractivity contribution in [2.75, 3.05) is 4.90 Å². The van der Waals surface area contributed by atoms with Gasteiger partial charge in [-0.3, -0.25) is 19.8 Å². The molecule has 0 aliphatic carbocycles. The lowest BCUT2D eigenvalue weighted by atomic mass is 10.1. The first kappa shape index (κ1) is 16.4. The molecule has 0 spiro atoms. The Hall–Kier alpha value is -3.12. The SMILES string of the molecule is O=C(Cc1ccccc1[N+](=O)[O-])N1c2ccccc2Sc2ccccc21. The highest BCUT2D eigenvalue weighted by molar-refractivity contribution is 7.99. The minimum atomic E-state index is -0.448. The van der Waals surface area contributed by atoms with E-state index in [2.05, 4.69) is 0 Å². The van der Waals surface area contributed by atoms with Gasteiger partial charge in [0.15, 0.2) is 0 Å². The number of carbonyl (C=O) groups excluding carboxylic acids is 1. The number of nitro groups is 1. The lowest BCUT2D eigenvalue weighted by Gasteiger charge is -2.31. The Kier molecular flexibility index (Phi) is 4.18. The fourth-order valence-corrected chi connectivity index (χ4v) is 4.11. The summed E-state index contributed by atoms with van der Waals surface area (Å²) in [5.41, 5.74) is 1.99. The molecule has 128 valence electrons. The third-order valence-electron chi connectivity index (χ3n) is 4.21. The van der Waals surface area contributed by atoms with E-state index in [4.69, 9.17) is 0 Å². The number of amides is 1. The van der Waals surface area contributed by atoms with Crippen molar-refractivity contribution in [3.05, 3.63) is 88.5 Å². The third-order valence-corrected chi connectivity index (χ3v) is 5.34. The average Bonchev–Trinajstić information content (AvgIpc) is 2.66. The maximum atomic E-state index is 13.2. The molecule has 0 fully saturated rings. The molecule has 0 radical (unpaired) electrons. The molecule has 0 bridgehead atoms. The standard InChI is InChI=1S/C20H14N2O3S/c23-20(13-14-7-1-2-8-15(14)22(24)25)21-16-9-3-5-11-18(16)26-19-12-6-4-10-17(19)21/h1-12H,13H2. The zero-order valence-corrected chi connectivity index (χ0v) is 14.5. The molecule has 6 heteroatoms. The number of benzene rings is 3. The summed E-state index contributed by atoms with van der Waals surface area (Å²) in [4.78, 5) is 27.6. The number of fused-ring (bicyclic) bond motifs is 2. The molecule has 1 amide bonds. The zero-order valence-electron chi connectivity index (χ0n) is 13.7. The quantitative estimate of drug-likeness (QED) is 0.488. The van der Waals surface area contributed by atoms with Crippen molar-refractivity contribution in [1.82, 2.24) is 0 Å². The summed E-state index contributed by atoms with van der Waals surface area (Å²) in [6, 6.07) is 21.8. The summed E-state index contributed by atoms with van der Waals surface area (Å²) in [5, 5.41) is 11.3. The van der Waals surface area contributed by atoms with Gasteiger partial charge in [-0.2, -0.15) is 0 Å². The van der Waals surface area contributed by atoms with Gasteiger partial charge in [-0.1, -0.05) is 54.2 Å². The van der Waals surface area contributed by atoms with Crippen molar-refractivity contribution in [3.63, 3.8) is 0 Å². The summed E-state index contributed by atoms with van der Waals surface area (Å²) in [5.74, 6) is -0.195. The lowest BCUT2D eigenvalue weighted by Crippen LogP contribution is -2.30. The number of para-hydroxylation sites is 3. The predicted octanol–water partition coefficient (Wildman–Crippen LogP) is 4.97. The highest BCUT2D eigenvalue weighted by Crippen LogP contribution is 2.48. The van der Waals surface area contributed by atoms with Crippen LogP contribution >= 0.6 is 11.8 Å². The van der Waals surface area contributed by atoms with Crippen molar-refractivity contribution in [1.29, 1.82) is 0 Å². The van der Waals surface area contributed by atoms with E-state index in [1.54, 1.807) is 34.9 Å². The monoisotopic (exact) mass is 362 g/mol. The van der Waals surface area contributed by atoms with E-state index in [9.17, 15) is 14.9 Å². The van der Waals surface area contributed by atoms with E-state index < -0.39 is 4.92 Å². The fourth-order valence-electron chi connectivity index (χ4n) is 3.05. The van der Waals surface area contributed by atoms with Crippen LogP contribution in [0.15, 0.2) is 82.6 Å². The molecule has 1 aliphatic rings. The third kappa shape index (κ3) is 2.84. The van der Waals surface area contributed by atoms with Gasteiger partial charge in [-0.15, -0.1) is 0 Å². The predicted molar refractivity (Wildman–Crippen MR) is 101 cm³/mol. The Morgan fingerprint density at radius 1 is 0.885 bits per heavy atom. The van der Waals surface area contributed by atoms with Crippen LogP contribution in [0.3, 0.4) is 0 Å². The smallest absolute Gasteiger partial charge is 0.273 e. The number of nitrogens with zero attached hydrogens (tertiary/aromatic N) is 2. The highest BCUT2D eigenvalue weighted by atomic mass is 32.2. The van der Waals surface area contributed by atoms with E-state index in [0.29, 0.717) is 5.56 Å². The minimum Gasteiger partial charge on any atom is -0.278 e. The Bertz CT molecular complexity index is 974. The summed E-state index contributed by atoms with van der Waals surface area (Å²) in [6.45, 7) is 0. The average molecular weight is 362 g/mol. The Morgan fingerprint density at radius 3 is 2.04 bits per heavy atom. The van der Waals surface area contributed by atoms with Crippen LogP contribution in [-0.2, 0) is 11.2 Å². The number of nitro benzene ring substituents is 1. The van der Waals surface area contributed by atoms with Crippen molar-refractivity contribution in [2.45, 2.75) is 16.2 Å². The van der Waals surface area contributed by atoms with Gasteiger partial charge in [-0.25, -0.2) is 0 Å². The molecule has 1 aliphatic heterocycles. The van der Waals surface area contributed by atoms with Crippen molar-refractivity contribution in [3.8, 4) is 0 Å². The molecule has 0 saturated carbocycles. The van der Waals surface area contributed by atoms with Gasteiger partial charge >= 0.3 is 0 Å². The van der Waals surface area contributed by atoms with Crippen LogP contribution in [-0.4, -0.2) is 10.8 Å². The first-order chi connectivity index (χ1) is 12.6. The number of anilines is 2. The summed E-state index contributed by atoms with van der Waals surface area (Å²) >= 11 is 1.62. The second-order valence-electron chi connectivity index (χ2n) is 5.83. The van der Waals surface area contributed by atoms with E-state index >= 15 is 0 Å². The van der Waals surface area contributed by atoms with Gasteiger partial charge in [-0.05, 0) is 24.3 Å². The molecule has 3 aromatic rings. The summed E-state index contributed by atoms with van der Waals surface area (Å²) in [7, 11) is 0. The summed E-state index contributed by atoms with van der Waals surface area (Å²) < 4.78 is 0. The van der Waals surface area contributed by atoms with Gasteiger partial charge in [0.2, 0.25) is 5.91 Å². The molecular weight excluding hydrogens is 348 g/mol. The van der Waals surface area contributed by atoms with E-state index in [1.807, 2.05) is 48.5 Å². The van der Waals surface area contributed by atoms with Crippen LogP contribution in [0.25, 0.3) is 0 Å². The van der Waals surface area contributed by atoms with Gasteiger partial charge in [0.1, 0.15) is 0 Å². The topological polar surface area (TPSA) is 63.4 Å². The molecule has 5 nitrogen and oxygen atoms in total. The first-order valence-corrected chi connectivity index (χ1v) is 8.88. The van der Waals surface area contributed by atoms with Gasteiger partial charge in [0, 0.05) is 21.4 Å². The van der Waals surface area contributed by atoms with Crippen LogP contribution in [0, 0.1) is 10.1 Å². The molecule has 4 rings (SSSR count). The molecule has 0 N–H and O–H groups in total. The van der Waals surface area contributed by atoms with E-state index in [1.165, 1.54) is 6.07 Å². The summed E-state index contributed by atoms with van der Waals surface area (Å²) in [6.07, 6.45) is -0.0372. The number of carbonyl (C=O) groups is 1. The van der Waals surface area contributed by atoms with Crippen LogP contribution in [0.2, 0.25) is 0 Å². The lowest BCUT2D eigenvalue weighted by molar-refractivity contribution is -0.385. The zero-order chi connectivity index (χ0) is 18.1. The molecule has 1 heterocycles. The van der Waals surface area contributed by atoms with Gasteiger partial charge in [0.25, 0.3) is 5.69 Å². The second kappa shape index (κ2) is 6.65. The second-order valence-corrected chi connectivity index (χ2v) is 6.91. The molecule has 0 unspecified atom stereocenters. The molecular formula is C20H14N2O3S. The molecule has 26 heavy (non-hydrogen) atoms. The normalized spacial score (nSPS) is 12.2. The van der Waals surface area contributed by atoms with Crippen LogP contribution < -0.4 is 4.90 Å². The van der Waals surface area contributed by atoms with E-state index in [0.717, 1.165) is 21.2 Å². The van der Waals surface area contributed by atoms with E-state index in [-0.39, 0.29) is 18.0 Å². The Morgan fingerprint density at radius 2 is 1.42 bits per heavy atom. The number of hydrogen-bond acceptors (Lipinski definition) is 4. The maximum Gasteiger partial charge on any atom is 0.273 e. The number of hydrogen-bond donors (Lipinski definition) is 0. The minimum absolute atomic E-state index is 0.0335. The Balaban J connectivity index is 1.76. The fraction of sp³-hybridized carbons (Fsp3) is 0.0500. The van der Waals surface area contributed by atoms with Crippen LogP contribution in [0.5, 0.6) is 0 Å². The first-order valence-electron chi connectivity index (χ1n) is 8.06.